The molecule has 2 aliphatic rings. The number of carbonyl (C=O) groups is 1. The third-order valence-corrected chi connectivity index (χ3v) is 7.30. The van der Waals surface area contributed by atoms with Crippen LogP contribution in [0.2, 0.25) is 0 Å². The summed E-state index contributed by atoms with van der Waals surface area (Å²) in [5.41, 5.74) is 0.916. The number of hydrogen-bond donors (Lipinski definition) is 2. The third-order valence-electron chi connectivity index (χ3n) is 5.60. The van der Waals surface area contributed by atoms with E-state index in [2.05, 4.69) is 10.6 Å². The molecular formula is C18H26N2O4S. The van der Waals surface area contributed by atoms with Crippen molar-refractivity contribution in [2.75, 3.05) is 24.8 Å². The molecule has 138 valence electrons. The van der Waals surface area contributed by atoms with Crippen LogP contribution in [-0.2, 0) is 14.6 Å². The standard InChI is InChI=1S/C18H26N2O4S/c1-24-12-13-25(22,23)15-6-4-14(5-7-15)19-17(21)20-16-8-11-18(16)9-2-3-10-18/h4-7,16H,2-3,8-13H2,1H3,(H2,19,20,21). The van der Waals surface area contributed by atoms with E-state index in [9.17, 15) is 13.2 Å². The first kappa shape index (κ1) is 18.2. The lowest BCUT2D eigenvalue weighted by Crippen LogP contribution is -2.54. The molecule has 2 N–H and O–H groups in total. The molecule has 6 nitrogen and oxygen atoms in total. The van der Waals surface area contributed by atoms with Crippen molar-refractivity contribution in [1.29, 1.82) is 0 Å². The van der Waals surface area contributed by atoms with Crippen molar-refractivity contribution in [3.05, 3.63) is 24.3 Å². The molecule has 1 unspecified atom stereocenters. The molecule has 0 heterocycles. The highest BCUT2D eigenvalue weighted by molar-refractivity contribution is 7.91. The molecule has 7 heteroatoms. The highest BCUT2D eigenvalue weighted by Gasteiger charge is 2.48. The molecule has 25 heavy (non-hydrogen) atoms. The van der Waals surface area contributed by atoms with Crippen LogP contribution >= 0.6 is 0 Å². The lowest BCUT2D eigenvalue weighted by atomic mass is 9.63. The molecule has 1 spiro atoms. The van der Waals surface area contributed by atoms with Crippen LogP contribution < -0.4 is 10.6 Å². The molecule has 1 atom stereocenters. The number of anilines is 1. The zero-order valence-electron chi connectivity index (χ0n) is 14.6. The monoisotopic (exact) mass is 366 g/mol. The Bertz CT molecular complexity index is 709. The van der Waals surface area contributed by atoms with Crippen molar-refractivity contribution in [1.82, 2.24) is 5.32 Å². The van der Waals surface area contributed by atoms with E-state index in [0.29, 0.717) is 11.1 Å². The minimum Gasteiger partial charge on any atom is -0.384 e. The fraction of sp³-hybridized carbons (Fsp3) is 0.611. The second kappa shape index (κ2) is 7.33. The summed E-state index contributed by atoms with van der Waals surface area (Å²) in [6.07, 6.45) is 7.21. The molecule has 2 amide bonds. The number of nitrogens with one attached hydrogen (secondary N) is 2. The zero-order chi connectivity index (χ0) is 17.9. The van der Waals surface area contributed by atoms with Gasteiger partial charge in [-0.25, -0.2) is 13.2 Å². The minimum absolute atomic E-state index is 0.0550. The van der Waals surface area contributed by atoms with Crippen LogP contribution in [0.4, 0.5) is 10.5 Å². The Morgan fingerprint density at radius 3 is 2.44 bits per heavy atom. The van der Waals surface area contributed by atoms with Gasteiger partial charge in [-0.1, -0.05) is 12.8 Å². The quantitative estimate of drug-likeness (QED) is 0.811. The number of methoxy groups -OCH3 is 1. The molecule has 0 bridgehead atoms. The Morgan fingerprint density at radius 2 is 1.88 bits per heavy atom. The summed E-state index contributed by atoms with van der Waals surface area (Å²) in [5, 5.41) is 5.89. The Hall–Kier alpha value is -1.60. The van der Waals surface area contributed by atoms with Gasteiger partial charge in [-0.3, -0.25) is 0 Å². The number of rotatable bonds is 6. The molecule has 2 saturated carbocycles. The van der Waals surface area contributed by atoms with Crippen LogP contribution in [0.1, 0.15) is 38.5 Å². The largest absolute Gasteiger partial charge is 0.384 e. The number of sulfone groups is 1. The molecule has 0 radical (unpaired) electrons. The Kier molecular flexibility index (Phi) is 5.34. The molecule has 0 aliphatic heterocycles. The van der Waals surface area contributed by atoms with E-state index < -0.39 is 9.84 Å². The van der Waals surface area contributed by atoms with Crippen LogP contribution in [0.5, 0.6) is 0 Å². The van der Waals surface area contributed by atoms with Gasteiger partial charge in [0, 0.05) is 18.8 Å². The van der Waals surface area contributed by atoms with Crippen LogP contribution in [0.25, 0.3) is 0 Å². The molecule has 1 aromatic carbocycles. The first-order valence-corrected chi connectivity index (χ1v) is 10.5. The highest BCUT2D eigenvalue weighted by atomic mass is 32.2. The lowest BCUT2D eigenvalue weighted by molar-refractivity contribution is 0.0811. The van der Waals surface area contributed by atoms with Crippen molar-refractivity contribution in [3.8, 4) is 0 Å². The van der Waals surface area contributed by atoms with E-state index >= 15 is 0 Å². The fourth-order valence-electron chi connectivity index (χ4n) is 3.98. The molecule has 2 aliphatic carbocycles. The van der Waals surface area contributed by atoms with Gasteiger partial charge in [0.2, 0.25) is 0 Å². The summed E-state index contributed by atoms with van der Waals surface area (Å²) in [5.74, 6) is -0.0550. The maximum absolute atomic E-state index is 12.2. The van der Waals surface area contributed by atoms with Crippen LogP contribution in [-0.4, -0.2) is 40.0 Å². The fourth-order valence-corrected chi connectivity index (χ4v) is 5.15. The molecular weight excluding hydrogens is 340 g/mol. The zero-order valence-corrected chi connectivity index (χ0v) is 15.4. The number of hydrogen-bond acceptors (Lipinski definition) is 4. The van der Waals surface area contributed by atoms with Gasteiger partial charge in [-0.05, 0) is 55.4 Å². The van der Waals surface area contributed by atoms with Crippen LogP contribution in [0.15, 0.2) is 29.2 Å². The summed E-state index contributed by atoms with van der Waals surface area (Å²) in [6, 6.07) is 6.32. The van der Waals surface area contributed by atoms with Crippen molar-refractivity contribution in [2.45, 2.75) is 49.5 Å². The maximum atomic E-state index is 12.2. The lowest BCUT2D eigenvalue weighted by Gasteiger charge is -2.47. The van der Waals surface area contributed by atoms with Gasteiger partial charge in [0.15, 0.2) is 9.84 Å². The van der Waals surface area contributed by atoms with Gasteiger partial charge in [0.05, 0.1) is 17.3 Å². The summed E-state index contributed by atoms with van der Waals surface area (Å²) in [7, 11) is -1.88. The van der Waals surface area contributed by atoms with Crippen LogP contribution in [0.3, 0.4) is 0 Å². The second-order valence-electron chi connectivity index (χ2n) is 7.10. The van der Waals surface area contributed by atoms with E-state index in [0.717, 1.165) is 6.42 Å². The molecule has 0 saturated heterocycles. The first-order chi connectivity index (χ1) is 12.0. The highest BCUT2D eigenvalue weighted by Crippen LogP contribution is 2.53. The van der Waals surface area contributed by atoms with E-state index in [1.807, 2.05) is 0 Å². The average molecular weight is 366 g/mol. The van der Waals surface area contributed by atoms with Gasteiger partial charge < -0.3 is 15.4 Å². The number of amides is 2. The predicted molar refractivity (Wildman–Crippen MR) is 96.4 cm³/mol. The second-order valence-corrected chi connectivity index (χ2v) is 9.20. The summed E-state index contributed by atoms with van der Waals surface area (Å²) in [4.78, 5) is 12.5. The van der Waals surface area contributed by atoms with Crippen LogP contribution in [0, 0.1) is 5.41 Å². The molecule has 3 rings (SSSR count). The molecule has 2 fully saturated rings. The topological polar surface area (TPSA) is 84.5 Å². The smallest absolute Gasteiger partial charge is 0.319 e. The van der Waals surface area contributed by atoms with Gasteiger partial charge >= 0.3 is 6.03 Å². The number of carbonyl (C=O) groups excluding carboxylic acids is 1. The van der Waals surface area contributed by atoms with Gasteiger partial charge in [-0.15, -0.1) is 0 Å². The first-order valence-electron chi connectivity index (χ1n) is 8.84. The Balaban J connectivity index is 1.55. The third kappa shape index (κ3) is 3.98. The average Bonchev–Trinajstić information content (AvgIpc) is 3.10. The summed E-state index contributed by atoms with van der Waals surface area (Å²) in [6.45, 7) is 0.161. The summed E-state index contributed by atoms with van der Waals surface area (Å²) < 4.78 is 29.0. The van der Waals surface area contributed by atoms with Gasteiger partial charge in [-0.2, -0.15) is 0 Å². The van der Waals surface area contributed by atoms with Crippen molar-refractivity contribution < 1.29 is 17.9 Å². The summed E-state index contributed by atoms with van der Waals surface area (Å²) >= 11 is 0. The van der Waals surface area contributed by atoms with Gasteiger partial charge in [0.25, 0.3) is 0 Å². The Labute approximate surface area is 149 Å². The number of ether oxygens (including phenoxy) is 1. The number of urea groups is 1. The van der Waals surface area contributed by atoms with E-state index in [1.54, 1.807) is 12.1 Å². The Morgan fingerprint density at radius 1 is 1.20 bits per heavy atom. The number of benzene rings is 1. The van der Waals surface area contributed by atoms with Crippen molar-refractivity contribution >= 4 is 21.6 Å². The van der Waals surface area contributed by atoms with Crippen molar-refractivity contribution in [2.24, 2.45) is 5.41 Å². The van der Waals surface area contributed by atoms with E-state index in [1.165, 1.54) is 51.3 Å². The van der Waals surface area contributed by atoms with E-state index in [4.69, 9.17) is 4.74 Å². The van der Waals surface area contributed by atoms with Gasteiger partial charge in [0.1, 0.15) is 0 Å². The normalized spacial score (nSPS) is 21.7. The SMILES string of the molecule is COCCS(=O)(=O)c1ccc(NC(=O)NC2CCC23CCCC3)cc1. The molecule has 1 aromatic rings. The minimum atomic E-state index is -3.35. The molecule has 0 aromatic heterocycles. The van der Waals surface area contributed by atoms with Crippen molar-refractivity contribution in [3.63, 3.8) is 0 Å². The van der Waals surface area contributed by atoms with E-state index in [-0.39, 0.29) is 29.3 Å². The maximum Gasteiger partial charge on any atom is 0.319 e. The predicted octanol–water partition coefficient (Wildman–Crippen LogP) is 2.95.